The summed E-state index contributed by atoms with van der Waals surface area (Å²) in [5, 5.41) is 6.05. The van der Waals surface area contributed by atoms with Gasteiger partial charge < -0.3 is 15.4 Å². The lowest BCUT2D eigenvalue weighted by atomic mass is 10.0. The number of halogens is 2. The summed E-state index contributed by atoms with van der Waals surface area (Å²) in [6, 6.07) is 4.74. The average Bonchev–Trinajstić information content (AvgIpc) is 2.39. The number of amides is 1. The molecule has 0 spiro atoms. The van der Waals surface area contributed by atoms with Crippen LogP contribution in [0.3, 0.4) is 0 Å². The van der Waals surface area contributed by atoms with Gasteiger partial charge in [-0.25, -0.2) is 9.18 Å². The van der Waals surface area contributed by atoms with E-state index in [0.29, 0.717) is 18.7 Å². The Morgan fingerprint density at radius 1 is 1.35 bits per heavy atom. The van der Waals surface area contributed by atoms with Gasteiger partial charge in [0.25, 0.3) is 0 Å². The highest BCUT2D eigenvalue weighted by atomic mass is 79.9. The van der Waals surface area contributed by atoms with E-state index in [4.69, 9.17) is 4.74 Å². The van der Waals surface area contributed by atoms with Gasteiger partial charge >= 0.3 is 6.09 Å². The summed E-state index contributed by atoms with van der Waals surface area (Å²) in [4.78, 5) is 11.9. The molecular weight excluding hydrogens is 363 g/mol. The molecule has 0 saturated heterocycles. The van der Waals surface area contributed by atoms with Gasteiger partial charge in [-0.05, 0) is 44.9 Å². The van der Waals surface area contributed by atoms with Crippen LogP contribution in [0.5, 0.6) is 0 Å². The topological polar surface area (TPSA) is 50.4 Å². The van der Waals surface area contributed by atoms with Crippen molar-refractivity contribution >= 4 is 22.0 Å². The first-order chi connectivity index (χ1) is 10.6. The number of carbonyl (C=O) groups excluding carboxylic acids is 1. The Morgan fingerprint density at radius 3 is 2.57 bits per heavy atom. The summed E-state index contributed by atoms with van der Waals surface area (Å²) in [6.45, 7) is 10.4. The Hall–Kier alpha value is -1.14. The molecule has 0 bridgehead atoms. The van der Waals surface area contributed by atoms with Gasteiger partial charge in [-0.1, -0.05) is 29.8 Å². The Bertz CT molecular complexity index is 530. The van der Waals surface area contributed by atoms with Crippen LogP contribution in [0, 0.1) is 11.7 Å². The summed E-state index contributed by atoms with van der Waals surface area (Å²) in [5.74, 6) is -0.0238. The van der Waals surface area contributed by atoms with Gasteiger partial charge in [-0.3, -0.25) is 0 Å². The second-order valence-corrected chi connectivity index (χ2v) is 7.78. The van der Waals surface area contributed by atoms with Crippen molar-refractivity contribution in [3.05, 3.63) is 34.1 Å². The van der Waals surface area contributed by atoms with Crippen molar-refractivity contribution in [3.63, 3.8) is 0 Å². The van der Waals surface area contributed by atoms with Crippen LogP contribution in [0.4, 0.5) is 9.18 Å². The molecule has 0 aliphatic rings. The second-order valence-electron chi connectivity index (χ2n) is 6.86. The maximum Gasteiger partial charge on any atom is 0.407 e. The number of rotatable bonds is 6. The van der Waals surface area contributed by atoms with Crippen LogP contribution in [-0.4, -0.2) is 24.3 Å². The van der Waals surface area contributed by atoms with Crippen LogP contribution in [0.1, 0.15) is 40.2 Å². The van der Waals surface area contributed by atoms with Gasteiger partial charge in [-0.15, -0.1) is 0 Å². The van der Waals surface area contributed by atoms with Crippen LogP contribution < -0.4 is 10.6 Å². The average molecular weight is 389 g/mol. The van der Waals surface area contributed by atoms with Crippen LogP contribution in [0.15, 0.2) is 22.7 Å². The van der Waals surface area contributed by atoms with Crippen LogP contribution >= 0.6 is 15.9 Å². The van der Waals surface area contributed by atoms with Crippen LogP contribution in [0.2, 0.25) is 0 Å². The molecule has 2 N–H and O–H groups in total. The fourth-order valence-electron chi connectivity index (χ4n) is 1.95. The Kier molecular flexibility index (Phi) is 7.48. The summed E-state index contributed by atoms with van der Waals surface area (Å²) in [5.41, 5.74) is 0.0533. The zero-order valence-electron chi connectivity index (χ0n) is 14.4. The molecule has 4 nitrogen and oxygen atoms in total. The third-order valence-electron chi connectivity index (χ3n) is 3.19. The highest BCUT2D eigenvalue weighted by Gasteiger charge is 2.21. The van der Waals surface area contributed by atoms with Gasteiger partial charge in [-0.2, -0.15) is 0 Å². The molecule has 1 aromatic rings. The zero-order valence-corrected chi connectivity index (χ0v) is 16.0. The summed E-state index contributed by atoms with van der Waals surface area (Å²) < 4.78 is 19.8. The number of hydrogen-bond acceptors (Lipinski definition) is 3. The molecule has 0 aromatic heterocycles. The molecule has 23 heavy (non-hydrogen) atoms. The van der Waals surface area contributed by atoms with Gasteiger partial charge in [0.1, 0.15) is 11.4 Å². The molecule has 1 aromatic carbocycles. The molecule has 1 rings (SSSR count). The maximum atomic E-state index is 13.7. The lowest BCUT2D eigenvalue weighted by molar-refractivity contribution is 0.0490. The minimum Gasteiger partial charge on any atom is -0.444 e. The van der Waals surface area contributed by atoms with E-state index in [9.17, 15) is 9.18 Å². The summed E-state index contributed by atoms with van der Waals surface area (Å²) in [6.07, 6.45) is -0.438. The number of alkyl carbamates (subject to hydrolysis) is 1. The molecule has 0 radical (unpaired) electrons. The Balaban J connectivity index is 2.53. The first kappa shape index (κ1) is 19.9. The third-order valence-corrected chi connectivity index (χ3v) is 3.69. The molecule has 0 aliphatic heterocycles. The summed E-state index contributed by atoms with van der Waals surface area (Å²) >= 11 is 3.33. The Labute approximate surface area is 146 Å². The number of benzene rings is 1. The predicted octanol–water partition coefficient (Wildman–Crippen LogP) is 4.23. The van der Waals surface area contributed by atoms with Crippen molar-refractivity contribution in [1.82, 2.24) is 10.6 Å². The normalized spacial score (nSPS) is 13.0. The number of hydrogen-bond donors (Lipinski definition) is 2. The van der Waals surface area contributed by atoms with E-state index in [-0.39, 0.29) is 17.8 Å². The fourth-order valence-corrected chi connectivity index (χ4v) is 2.36. The van der Waals surface area contributed by atoms with E-state index in [0.717, 1.165) is 4.47 Å². The molecule has 1 unspecified atom stereocenters. The van der Waals surface area contributed by atoms with Gasteiger partial charge in [0.15, 0.2) is 0 Å². The minimum absolute atomic E-state index is 0.0972. The highest BCUT2D eigenvalue weighted by Crippen LogP contribution is 2.15. The summed E-state index contributed by atoms with van der Waals surface area (Å²) in [7, 11) is 0. The quantitative estimate of drug-likeness (QED) is 0.766. The molecule has 6 heteroatoms. The molecule has 0 fully saturated rings. The Morgan fingerprint density at radius 2 is 2.00 bits per heavy atom. The van der Waals surface area contributed by atoms with E-state index in [2.05, 4.69) is 26.6 Å². The van der Waals surface area contributed by atoms with Crippen molar-refractivity contribution < 1.29 is 13.9 Å². The molecule has 0 aliphatic carbocycles. The molecule has 1 atom stereocenters. The molecule has 0 heterocycles. The van der Waals surface area contributed by atoms with Gasteiger partial charge in [0, 0.05) is 29.2 Å². The van der Waals surface area contributed by atoms with E-state index in [1.165, 1.54) is 6.07 Å². The second kappa shape index (κ2) is 8.64. The lowest BCUT2D eigenvalue weighted by Crippen LogP contribution is -2.47. The highest BCUT2D eigenvalue weighted by molar-refractivity contribution is 9.10. The fraction of sp³-hybridized carbons (Fsp3) is 0.588. The maximum absolute atomic E-state index is 13.7. The van der Waals surface area contributed by atoms with Crippen molar-refractivity contribution in [2.45, 2.75) is 52.8 Å². The van der Waals surface area contributed by atoms with Gasteiger partial charge in [0.05, 0.1) is 0 Å². The minimum atomic E-state index is -0.529. The van der Waals surface area contributed by atoms with Crippen molar-refractivity contribution in [2.24, 2.45) is 5.92 Å². The number of carbonyl (C=O) groups is 1. The van der Waals surface area contributed by atoms with Crippen LogP contribution in [0.25, 0.3) is 0 Å². The number of ether oxygens (including phenoxy) is 1. The SMILES string of the molecule is CC(C)C(CNCc1cc(Br)ccc1F)NC(=O)OC(C)(C)C. The molecule has 0 saturated carbocycles. The zero-order chi connectivity index (χ0) is 17.6. The van der Waals surface area contributed by atoms with Gasteiger partial charge in [0.2, 0.25) is 0 Å². The monoisotopic (exact) mass is 388 g/mol. The first-order valence-corrected chi connectivity index (χ1v) is 8.52. The molecule has 1 amide bonds. The standard InChI is InChI=1S/C17H26BrFN2O2/c1-11(2)15(21-16(22)23-17(3,4)5)10-20-9-12-8-13(18)6-7-14(12)19/h6-8,11,15,20H,9-10H2,1-5H3,(H,21,22). The van der Waals surface area contributed by atoms with E-state index < -0.39 is 11.7 Å². The first-order valence-electron chi connectivity index (χ1n) is 7.72. The van der Waals surface area contributed by atoms with E-state index >= 15 is 0 Å². The van der Waals surface area contributed by atoms with E-state index in [1.54, 1.807) is 12.1 Å². The lowest BCUT2D eigenvalue weighted by Gasteiger charge is -2.26. The smallest absolute Gasteiger partial charge is 0.407 e. The molecular formula is C17H26BrFN2O2. The van der Waals surface area contributed by atoms with Crippen molar-refractivity contribution in [3.8, 4) is 0 Å². The largest absolute Gasteiger partial charge is 0.444 e. The molecule has 130 valence electrons. The van der Waals surface area contributed by atoms with E-state index in [1.807, 2.05) is 34.6 Å². The van der Waals surface area contributed by atoms with Crippen molar-refractivity contribution in [1.29, 1.82) is 0 Å². The van der Waals surface area contributed by atoms with Crippen molar-refractivity contribution in [2.75, 3.05) is 6.54 Å². The number of nitrogens with one attached hydrogen (secondary N) is 2. The predicted molar refractivity (Wildman–Crippen MR) is 93.8 cm³/mol. The third kappa shape index (κ3) is 7.79. The van der Waals surface area contributed by atoms with Crippen LogP contribution in [-0.2, 0) is 11.3 Å².